The Labute approximate surface area is 104 Å². The van der Waals surface area contributed by atoms with E-state index in [0.717, 1.165) is 4.88 Å². The number of rotatable bonds is 4. The Hall–Kier alpha value is -1.24. The minimum Gasteiger partial charge on any atom is -0.253 e. The van der Waals surface area contributed by atoms with Gasteiger partial charge >= 0.3 is 0 Å². The van der Waals surface area contributed by atoms with Gasteiger partial charge in [-0.05, 0) is 19.1 Å². The van der Waals surface area contributed by atoms with Gasteiger partial charge in [0.1, 0.15) is 0 Å². The molecule has 4 nitrogen and oxygen atoms in total. The highest BCUT2D eigenvalue weighted by atomic mass is 32.2. The maximum Gasteiger partial charge on any atom is 0.241 e. The molecule has 0 aliphatic rings. The van der Waals surface area contributed by atoms with Crippen LogP contribution in [0.1, 0.15) is 17.8 Å². The molecule has 1 heterocycles. The largest absolute Gasteiger partial charge is 0.253 e. The smallest absolute Gasteiger partial charge is 0.241 e. The summed E-state index contributed by atoms with van der Waals surface area (Å²) in [5.74, 6) is 0. The van der Waals surface area contributed by atoms with Gasteiger partial charge in [0.05, 0.1) is 16.4 Å². The lowest BCUT2D eigenvalue weighted by molar-refractivity contribution is 0.568. The van der Waals surface area contributed by atoms with Gasteiger partial charge in [0.15, 0.2) is 0 Å². The van der Waals surface area contributed by atoms with E-state index in [4.69, 9.17) is 0 Å². The van der Waals surface area contributed by atoms with Gasteiger partial charge in [-0.15, -0.1) is 11.3 Å². The maximum absolute atomic E-state index is 12.0. The molecule has 0 bridgehead atoms. The highest BCUT2D eigenvalue weighted by molar-refractivity contribution is 7.89. The third-order valence-electron chi connectivity index (χ3n) is 2.26. The summed E-state index contributed by atoms with van der Waals surface area (Å²) in [6.45, 7) is 1.80. The fourth-order valence-corrected chi connectivity index (χ4v) is 3.34. The van der Waals surface area contributed by atoms with Crippen molar-refractivity contribution < 1.29 is 8.42 Å². The van der Waals surface area contributed by atoms with Crippen molar-refractivity contribution in [2.75, 3.05) is 0 Å². The molecule has 2 aromatic rings. The molecule has 1 atom stereocenters. The number of thiazole rings is 1. The molecule has 0 spiro atoms. The van der Waals surface area contributed by atoms with E-state index in [9.17, 15) is 8.42 Å². The van der Waals surface area contributed by atoms with Crippen LogP contribution in [0.3, 0.4) is 0 Å². The summed E-state index contributed by atoms with van der Waals surface area (Å²) in [6.07, 6.45) is 1.67. The van der Waals surface area contributed by atoms with Crippen LogP contribution in [0.4, 0.5) is 0 Å². The van der Waals surface area contributed by atoms with Crippen molar-refractivity contribution in [2.45, 2.75) is 17.9 Å². The fraction of sp³-hybridized carbons (Fsp3) is 0.182. The lowest BCUT2D eigenvalue weighted by Gasteiger charge is -2.12. The molecule has 2 rings (SSSR count). The van der Waals surface area contributed by atoms with E-state index in [1.54, 1.807) is 49.0 Å². The molecule has 6 heteroatoms. The first-order valence-electron chi connectivity index (χ1n) is 5.05. The van der Waals surface area contributed by atoms with Gasteiger partial charge in [0.25, 0.3) is 0 Å². The van der Waals surface area contributed by atoms with Crippen LogP contribution in [0.15, 0.2) is 46.9 Å². The summed E-state index contributed by atoms with van der Waals surface area (Å²) in [4.78, 5) is 5.10. The van der Waals surface area contributed by atoms with Crippen molar-refractivity contribution >= 4 is 21.4 Å². The van der Waals surface area contributed by atoms with E-state index >= 15 is 0 Å². The second-order valence-electron chi connectivity index (χ2n) is 3.56. The van der Waals surface area contributed by atoms with Crippen molar-refractivity contribution in [3.63, 3.8) is 0 Å². The Morgan fingerprint density at radius 1 is 1.29 bits per heavy atom. The van der Waals surface area contributed by atoms with E-state index in [2.05, 4.69) is 9.71 Å². The zero-order chi connectivity index (χ0) is 12.3. The van der Waals surface area contributed by atoms with E-state index in [1.807, 2.05) is 0 Å². The summed E-state index contributed by atoms with van der Waals surface area (Å²) >= 11 is 1.43. The standard InChI is InChI=1S/C11H12N2O2S2/c1-9(11-7-12-8-16-11)13-17(14,15)10-5-3-2-4-6-10/h2-9,13H,1H3/t9-/m0/s1. The first-order chi connectivity index (χ1) is 8.09. The van der Waals surface area contributed by atoms with E-state index in [1.165, 1.54) is 11.3 Å². The normalized spacial score (nSPS) is 13.5. The van der Waals surface area contributed by atoms with Crippen LogP contribution in [0.2, 0.25) is 0 Å². The molecule has 0 fully saturated rings. The van der Waals surface area contributed by atoms with Crippen LogP contribution in [-0.2, 0) is 10.0 Å². The van der Waals surface area contributed by atoms with Crippen molar-refractivity contribution in [1.29, 1.82) is 0 Å². The second kappa shape index (κ2) is 4.95. The molecule has 1 N–H and O–H groups in total. The quantitative estimate of drug-likeness (QED) is 0.924. The summed E-state index contributed by atoms with van der Waals surface area (Å²) in [5.41, 5.74) is 1.68. The molecular weight excluding hydrogens is 256 g/mol. The summed E-state index contributed by atoms with van der Waals surface area (Å²) in [5, 5.41) is 0. The molecule has 1 aromatic heterocycles. The number of benzene rings is 1. The minimum atomic E-state index is -3.46. The van der Waals surface area contributed by atoms with Gasteiger partial charge in [-0.25, -0.2) is 13.1 Å². The maximum atomic E-state index is 12.0. The first kappa shape index (κ1) is 12.2. The van der Waals surface area contributed by atoms with Gasteiger partial charge in [0, 0.05) is 11.1 Å². The predicted octanol–water partition coefficient (Wildman–Crippen LogP) is 2.18. The average molecular weight is 268 g/mol. The molecule has 0 radical (unpaired) electrons. The van der Waals surface area contributed by atoms with E-state index < -0.39 is 10.0 Å². The monoisotopic (exact) mass is 268 g/mol. The second-order valence-corrected chi connectivity index (χ2v) is 6.19. The number of nitrogens with one attached hydrogen (secondary N) is 1. The Kier molecular flexibility index (Phi) is 3.56. The van der Waals surface area contributed by atoms with Crippen LogP contribution in [0.25, 0.3) is 0 Å². The molecule has 0 saturated heterocycles. The van der Waals surface area contributed by atoms with Crippen LogP contribution in [0, 0.1) is 0 Å². The summed E-state index contributed by atoms with van der Waals surface area (Å²) in [7, 11) is -3.46. The third kappa shape index (κ3) is 2.91. The van der Waals surface area contributed by atoms with Crippen LogP contribution >= 0.6 is 11.3 Å². The van der Waals surface area contributed by atoms with Crippen molar-refractivity contribution in [1.82, 2.24) is 9.71 Å². The van der Waals surface area contributed by atoms with E-state index in [-0.39, 0.29) is 10.9 Å². The number of aromatic nitrogens is 1. The van der Waals surface area contributed by atoms with Crippen LogP contribution in [0.5, 0.6) is 0 Å². The average Bonchev–Trinajstić information content (AvgIpc) is 2.83. The minimum absolute atomic E-state index is 0.271. The Morgan fingerprint density at radius 3 is 2.59 bits per heavy atom. The van der Waals surface area contributed by atoms with Gasteiger partial charge < -0.3 is 0 Å². The molecular formula is C11H12N2O2S2. The molecule has 17 heavy (non-hydrogen) atoms. The molecule has 90 valence electrons. The molecule has 0 unspecified atom stereocenters. The van der Waals surface area contributed by atoms with Crippen molar-refractivity contribution in [2.24, 2.45) is 0 Å². The Bertz CT molecular complexity index is 565. The van der Waals surface area contributed by atoms with Crippen LogP contribution < -0.4 is 4.72 Å². The summed E-state index contributed by atoms with van der Waals surface area (Å²) in [6, 6.07) is 8.06. The molecule has 0 aliphatic carbocycles. The third-order valence-corrected chi connectivity index (χ3v) is 4.78. The lowest BCUT2D eigenvalue weighted by Crippen LogP contribution is -2.26. The summed E-state index contributed by atoms with van der Waals surface area (Å²) < 4.78 is 26.6. The van der Waals surface area contributed by atoms with E-state index in [0.29, 0.717) is 0 Å². The Balaban J connectivity index is 2.19. The molecule has 1 aromatic carbocycles. The number of nitrogens with zero attached hydrogens (tertiary/aromatic N) is 1. The molecule has 0 aliphatic heterocycles. The number of hydrogen-bond donors (Lipinski definition) is 1. The molecule has 0 amide bonds. The zero-order valence-corrected chi connectivity index (χ0v) is 10.8. The first-order valence-corrected chi connectivity index (χ1v) is 7.41. The van der Waals surface area contributed by atoms with Crippen molar-refractivity contribution in [3.05, 3.63) is 46.9 Å². The van der Waals surface area contributed by atoms with Gasteiger partial charge in [0.2, 0.25) is 10.0 Å². The van der Waals surface area contributed by atoms with Gasteiger partial charge in [-0.3, -0.25) is 4.98 Å². The lowest BCUT2D eigenvalue weighted by atomic mass is 10.3. The SMILES string of the molecule is C[C@H](NS(=O)(=O)c1ccccc1)c1cncs1. The number of sulfonamides is 1. The molecule has 0 saturated carbocycles. The van der Waals surface area contributed by atoms with Crippen LogP contribution in [-0.4, -0.2) is 13.4 Å². The van der Waals surface area contributed by atoms with Crippen molar-refractivity contribution in [3.8, 4) is 0 Å². The van der Waals surface area contributed by atoms with Gasteiger partial charge in [-0.1, -0.05) is 18.2 Å². The Morgan fingerprint density at radius 2 is 2.00 bits per heavy atom. The zero-order valence-electron chi connectivity index (χ0n) is 9.20. The van der Waals surface area contributed by atoms with Gasteiger partial charge in [-0.2, -0.15) is 0 Å². The topological polar surface area (TPSA) is 59.1 Å². The number of hydrogen-bond acceptors (Lipinski definition) is 4. The highest BCUT2D eigenvalue weighted by Gasteiger charge is 2.18. The fourth-order valence-electron chi connectivity index (χ4n) is 1.40. The predicted molar refractivity (Wildman–Crippen MR) is 67.3 cm³/mol. The highest BCUT2D eigenvalue weighted by Crippen LogP contribution is 2.19.